The fourth-order valence-electron chi connectivity index (χ4n) is 9.59. The van der Waals surface area contributed by atoms with E-state index in [0.29, 0.717) is 38.5 Å². The molecule has 0 aromatic carbocycles. The van der Waals surface area contributed by atoms with E-state index in [9.17, 15) is 24.9 Å². The number of carbonyl (C=O) groups is 3. The molecule has 4 aliphatic carbocycles. The Bertz CT molecular complexity index is 933. The molecule has 5 unspecified atom stereocenters. The second-order valence-corrected chi connectivity index (χ2v) is 13.1. The minimum atomic E-state index is -1.51. The number of methoxy groups -OCH3 is 1. The second-order valence-electron chi connectivity index (χ2n) is 13.1. The van der Waals surface area contributed by atoms with Gasteiger partial charge in [-0.1, -0.05) is 20.8 Å². The van der Waals surface area contributed by atoms with Gasteiger partial charge in [-0.25, -0.2) is 20.3 Å². The van der Waals surface area contributed by atoms with Crippen LogP contribution in [0.2, 0.25) is 0 Å². The molecule has 0 saturated heterocycles. The lowest BCUT2D eigenvalue weighted by atomic mass is 9.42. The quantitative estimate of drug-likeness (QED) is 0.139. The molecule has 0 spiro atoms. The van der Waals surface area contributed by atoms with Crippen molar-refractivity contribution in [3.05, 3.63) is 0 Å². The molecular formula is C29H46O10. The van der Waals surface area contributed by atoms with Gasteiger partial charge in [0.05, 0.1) is 7.11 Å². The van der Waals surface area contributed by atoms with E-state index in [0.717, 1.165) is 12.8 Å². The van der Waals surface area contributed by atoms with Gasteiger partial charge in [0.1, 0.15) is 12.2 Å². The zero-order chi connectivity index (χ0) is 28.8. The van der Waals surface area contributed by atoms with Crippen LogP contribution >= 0.6 is 0 Å². The Morgan fingerprint density at radius 2 is 1.62 bits per heavy atom. The van der Waals surface area contributed by atoms with E-state index in [-0.39, 0.29) is 82.9 Å². The number of esters is 3. The summed E-state index contributed by atoms with van der Waals surface area (Å²) in [7, 11) is 1.40. The van der Waals surface area contributed by atoms with E-state index in [2.05, 4.69) is 30.5 Å². The molecule has 2 N–H and O–H groups in total. The van der Waals surface area contributed by atoms with Gasteiger partial charge >= 0.3 is 17.9 Å². The summed E-state index contributed by atoms with van der Waals surface area (Å²) in [6, 6.07) is 0. The summed E-state index contributed by atoms with van der Waals surface area (Å²) >= 11 is 0. The Hall–Kier alpha value is -1.75. The van der Waals surface area contributed by atoms with Crippen molar-refractivity contribution in [2.45, 2.75) is 110 Å². The lowest BCUT2D eigenvalue weighted by molar-refractivity contribution is -0.500. The molecule has 222 valence electrons. The highest BCUT2D eigenvalue weighted by molar-refractivity contribution is 5.69. The highest BCUT2D eigenvalue weighted by Gasteiger charge is 2.68. The predicted octanol–water partition coefficient (Wildman–Crippen LogP) is 4.99. The summed E-state index contributed by atoms with van der Waals surface area (Å²) in [5, 5.41) is 19.2. The van der Waals surface area contributed by atoms with Crippen LogP contribution < -0.4 is 0 Å². The minimum absolute atomic E-state index is 0.0605. The third-order valence-corrected chi connectivity index (χ3v) is 11.5. The van der Waals surface area contributed by atoms with Crippen molar-refractivity contribution in [2.24, 2.45) is 46.3 Å². The summed E-state index contributed by atoms with van der Waals surface area (Å²) in [6.45, 7) is 9.52. The van der Waals surface area contributed by atoms with Crippen molar-refractivity contribution in [3.8, 4) is 0 Å². The number of fused-ring (bicyclic) bond motifs is 5. The molecule has 10 nitrogen and oxygen atoms in total. The number of rotatable bonds is 8. The lowest BCUT2D eigenvalue weighted by Crippen LogP contribution is -2.64. The van der Waals surface area contributed by atoms with Gasteiger partial charge in [-0.3, -0.25) is 14.4 Å². The third-order valence-electron chi connectivity index (χ3n) is 11.5. The van der Waals surface area contributed by atoms with Gasteiger partial charge in [-0.2, -0.15) is 0 Å². The smallest absolute Gasteiger partial charge is 0.305 e. The molecule has 0 heterocycles. The van der Waals surface area contributed by atoms with E-state index in [1.165, 1.54) is 21.0 Å². The Kier molecular flexibility index (Phi) is 8.72. The Morgan fingerprint density at radius 1 is 0.949 bits per heavy atom. The van der Waals surface area contributed by atoms with Crippen molar-refractivity contribution in [3.63, 3.8) is 0 Å². The monoisotopic (exact) mass is 554 g/mol. The van der Waals surface area contributed by atoms with E-state index >= 15 is 0 Å². The van der Waals surface area contributed by atoms with Gasteiger partial charge in [0.25, 0.3) is 0 Å². The summed E-state index contributed by atoms with van der Waals surface area (Å²) in [5.41, 5.74) is -0.568. The van der Waals surface area contributed by atoms with Gasteiger partial charge in [-0.15, -0.1) is 0 Å². The molecule has 4 saturated carbocycles. The van der Waals surface area contributed by atoms with E-state index in [1.807, 2.05) is 0 Å². The summed E-state index contributed by atoms with van der Waals surface area (Å²) in [5.74, 6) is -1.70. The van der Waals surface area contributed by atoms with Gasteiger partial charge in [0.2, 0.25) is 5.79 Å². The molecule has 0 amide bonds. The van der Waals surface area contributed by atoms with Gasteiger partial charge < -0.3 is 14.2 Å². The molecule has 0 radical (unpaired) electrons. The Balaban J connectivity index is 1.72. The molecule has 10 atom stereocenters. The first-order valence-electron chi connectivity index (χ1n) is 14.4. The third kappa shape index (κ3) is 5.22. The van der Waals surface area contributed by atoms with Crippen molar-refractivity contribution in [2.75, 3.05) is 7.11 Å². The van der Waals surface area contributed by atoms with E-state index in [1.54, 1.807) is 0 Å². The van der Waals surface area contributed by atoms with Crippen LogP contribution in [0.3, 0.4) is 0 Å². The van der Waals surface area contributed by atoms with Crippen molar-refractivity contribution in [1.29, 1.82) is 0 Å². The SMILES string of the molecule is COC(=O)CCC(C)C1CCC2C3C(C[C@H](OC(C)=O)[C@]12C)[C@@]1(C)CCC(OO)(OO)C[C@H]1C[C@H]3OC(C)=O. The molecule has 0 aromatic heterocycles. The molecule has 39 heavy (non-hydrogen) atoms. The van der Waals surface area contributed by atoms with E-state index in [4.69, 9.17) is 14.2 Å². The van der Waals surface area contributed by atoms with Crippen LogP contribution in [-0.4, -0.2) is 53.5 Å². The molecule has 4 rings (SSSR count). The average molecular weight is 555 g/mol. The van der Waals surface area contributed by atoms with Crippen LogP contribution in [0.25, 0.3) is 0 Å². The lowest BCUT2D eigenvalue weighted by Gasteiger charge is -2.64. The van der Waals surface area contributed by atoms with Gasteiger partial charge in [0.15, 0.2) is 0 Å². The molecule has 10 heteroatoms. The van der Waals surface area contributed by atoms with Crippen LogP contribution in [0.4, 0.5) is 0 Å². The summed E-state index contributed by atoms with van der Waals surface area (Å²) in [4.78, 5) is 45.9. The van der Waals surface area contributed by atoms with Crippen LogP contribution in [0.5, 0.6) is 0 Å². The number of hydrogen-bond acceptors (Lipinski definition) is 10. The highest BCUT2D eigenvalue weighted by atomic mass is 17.2. The largest absolute Gasteiger partial charge is 0.469 e. The Labute approximate surface area is 230 Å². The summed E-state index contributed by atoms with van der Waals surface area (Å²) in [6.07, 6.45) is 4.61. The normalized spacial score (nSPS) is 41.4. The first-order valence-corrected chi connectivity index (χ1v) is 14.4. The molecule has 4 aliphatic rings. The van der Waals surface area contributed by atoms with Crippen LogP contribution in [-0.2, 0) is 38.4 Å². The van der Waals surface area contributed by atoms with Gasteiger partial charge in [-0.05, 0) is 73.5 Å². The first kappa shape index (κ1) is 30.2. The van der Waals surface area contributed by atoms with E-state index < -0.39 is 5.79 Å². The molecule has 0 aromatic rings. The number of carbonyl (C=O) groups excluding carboxylic acids is 3. The van der Waals surface area contributed by atoms with Crippen molar-refractivity contribution < 1.29 is 48.9 Å². The van der Waals surface area contributed by atoms with Crippen LogP contribution in [0, 0.1) is 46.3 Å². The maximum Gasteiger partial charge on any atom is 0.305 e. The standard InChI is InChI=1S/C29H46O10/c1-16(7-10-25(32)35-6)20-8-9-21-26-22(14-24(28(20,21)5)37-18(3)31)27(4)11-12-29(38-33,39-34)15-19(27)13-23(26)36-17(2)30/h16,19-24,26,33-34H,7-15H2,1-6H3/t16?,19-,20?,21?,22?,23-,24+,26?,27+,28-/m1/s1. The fraction of sp³-hybridized carbons (Fsp3) is 0.897. The second kappa shape index (κ2) is 11.3. The highest BCUT2D eigenvalue weighted by Crippen LogP contribution is 2.70. The average Bonchev–Trinajstić information content (AvgIpc) is 3.25. The maximum absolute atomic E-state index is 12.4. The maximum atomic E-state index is 12.4. The number of ether oxygens (including phenoxy) is 3. The predicted molar refractivity (Wildman–Crippen MR) is 138 cm³/mol. The zero-order valence-corrected chi connectivity index (χ0v) is 24.1. The van der Waals surface area contributed by atoms with Crippen molar-refractivity contribution >= 4 is 17.9 Å². The number of hydrogen-bond donors (Lipinski definition) is 2. The Morgan fingerprint density at radius 3 is 2.21 bits per heavy atom. The molecular weight excluding hydrogens is 508 g/mol. The van der Waals surface area contributed by atoms with Crippen molar-refractivity contribution in [1.82, 2.24) is 0 Å². The fourth-order valence-corrected chi connectivity index (χ4v) is 9.59. The molecule has 0 bridgehead atoms. The first-order chi connectivity index (χ1) is 18.3. The zero-order valence-electron chi connectivity index (χ0n) is 24.1. The minimum Gasteiger partial charge on any atom is -0.469 e. The summed E-state index contributed by atoms with van der Waals surface area (Å²) < 4.78 is 17.1. The topological polar surface area (TPSA) is 138 Å². The van der Waals surface area contributed by atoms with Crippen LogP contribution in [0.15, 0.2) is 0 Å². The van der Waals surface area contributed by atoms with Crippen LogP contribution in [0.1, 0.15) is 92.4 Å². The molecule has 4 fully saturated rings. The molecule has 0 aliphatic heterocycles. The van der Waals surface area contributed by atoms with Gasteiger partial charge in [0, 0.05) is 44.4 Å².